The number of Topliss-reactive ketones (excluding diaryl/α,β-unsaturated/α-hetero) is 1. The largest absolute Gasteiger partial charge is 0.459 e. The Morgan fingerprint density at radius 3 is 2.07 bits per heavy atom. The fraction of sp³-hybridized carbons (Fsp3) is 0.783. The number of methoxy groups -OCH3 is 2. The number of rotatable bonds is 10. The van der Waals surface area contributed by atoms with Crippen molar-refractivity contribution in [1.29, 1.82) is 0 Å². The van der Waals surface area contributed by atoms with Crippen LogP contribution < -0.4 is 0 Å². The van der Waals surface area contributed by atoms with Crippen LogP contribution in [0.3, 0.4) is 0 Å². The lowest BCUT2D eigenvalue weighted by molar-refractivity contribution is -0.319. The Balaban J connectivity index is 1.82. The Labute approximate surface area is 357 Å². The predicted octanol–water partition coefficient (Wildman–Crippen LogP) is 3.99. The zero-order valence-corrected chi connectivity index (χ0v) is 38.0. The molecule has 1 aromatic rings. The second kappa shape index (κ2) is 20.3. The van der Waals surface area contributed by atoms with E-state index in [-0.39, 0.29) is 31.1 Å². The van der Waals surface area contributed by atoms with E-state index in [1.54, 1.807) is 48.5 Å². The normalized spacial score (nSPS) is 43.9. The van der Waals surface area contributed by atoms with Crippen LogP contribution in [0, 0.1) is 36.0 Å². The second-order valence-electron chi connectivity index (χ2n) is 18.4. The van der Waals surface area contributed by atoms with Crippen LogP contribution in [0.4, 0.5) is 0 Å². The number of likely N-dealkylation sites (N-methyl/N-ethyl adjacent to an activating group) is 1. The van der Waals surface area contributed by atoms with Crippen molar-refractivity contribution in [3.63, 3.8) is 0 Å². The van der Waals surface area contributed by atoms with E-state index in [2.05, 4.69) is 10.8 Å². The Hall–Kier alpha value is -2.52. The van der Waals surface area contributed by atoms with Crippen LogP contribution in [0.2, 0.25) is 0 Å². The van der Waals surface area contributed by atoms with Crippen molar-refractivity contribution in [3.05, 3.63) is 35.4 Å². The van der Waals surface area contributed by atoms with Crippen molar-refractivity contribution < 1.29 is 63.2 Å². The molecule has 3 heterocycles. The molecule has 3 saturated heterocycles. The van der Waals surface area contributed by atoms with Crippen LogP contribution in [0.1, 0.15) is 106 Å². The Kier molecular flexibility index (Phi) is 17.0. The van der Waals surface area contributed by atoms with Gasteiger partial charge in [0.15, 0.2) is 12.6 Å². The third kappa shape index (κ3) is 10.8. The molecule has 18 atom stereocenters. The molecule has 0 aromatic heterocycles. The lowest BCUT2D eigenvalue weighted by atomic mass is 9.74. The summed E-state index contributed by atoms with van der Waals surface area (Å²) in [5, 5.41) is 46.4. The van der Waals surface area contributed by atoms with Gasteiger partial charge in [-0.1, -0.05) is 45.7 Å². The summed E-state index contributed by atoms with van der Waals surface area (Å²) >= 11 is 0. The number of aliphatic hydroxyl groups excluding tert-OH is 3. The first-order chi connectivity index (χ1) is 28.0. The molecule has 14 heteroatoms. The van der Waals surface area contributed by atoms with E-state index in [4.69, 9.17) is 39.6 Å². The van der Waals surface area contributed by atoms with E-state index >= 15 is 0 Å². The minimum absolute atomic E-state index is 0.0829. The van der Waals surface area contributed by atoms with E-state index < -0.39 is 108 Å². The molecule has 0 unspecified atom stereocenters. The van der Waals surface area contributed by atoms with Gasteiger partial charge in [0, 0.05) is 56.5 Å². The van der Waals surface area contributed by atoms with Gasteiger partial charge in [-0.25, -0.2) is 0 Å². The molecule has 3 fully saturated rings. The molecule has 4 rings (SSSR count). The number of terminal acetylenes is 1. The zero-order chi connectivity index (χ0) is 45.1. The van der Waals surface area contributed by atoms with Gasteiger partial charge in [0.2, 0.25) is 0 Å². The molecule has 340 valence electrons. The van der Waals surface area contributed by atoms with Gasteiger partial charge in [0.05, 0.1) is 47.6 Å². The Morgan fingerprint density at radius 2 is 1.50 bits per heavy atom. The van der Waals surface area contributed by atoms with E-state index in [9.17, 15) is 30.0 Å². The van der Waals surface area contributed by atoms with Gasteiger partial charge in [-0.05, 0) is 85.5 Å². The second-order valence-corrected chi connectivity index (χ2v) is 18.4. The summed E-state index contributed by atoms with van der Waals surface area (Å²) in [5.41, 5.74) is -2.56. The van der Waals surface area contributed by atoms with E-state index in [1.807, 2.05) is 45.2 Å². The number of benzene rings is 1. The molecular formula is C46H73NO13. The molecule has 3 aliphatic heterocycles. The van der Waals surface area contributed by atoms with Gasteiger partial charge in [0.1, 0.15) is 29.7 Å². The van der Waals surface area contributed by atoms with Crippen LogP contribution in [0.15, 0.2) is 24.3 Å². The van der Waals surface area contributed by atoms with Gasteiger partial charge in [0.25, 0.3) is 0 Å². The van der Waals surface area contributed by atoms with Crippen LogP contribution >= 0.6 is 0 Å². The molecule has 4 N–H and O–H groups in total. The zero-order valence-electron chi connectivity index (χ0n) is 38.0. The van der Waals surface area contributed by atoms with Gasteiger partial charge < -0.3 is 53.6 Å². The number of esters is 1. The summed E-state index contributed by atoms with van der Waals surface area (Å²) in [6.07, 6.45) is -3.73. The molecule has 3 aliphatic rings. The highest BCUT2D eigenvalue weighted by molar-refractivity contribution is 5.83. The molecule has 0 aliphatic carbocycles. The van der Waals surface area contributed by atoms with Crippen LogP contribution in [0.25, 0.3) is 0 Å². The quantitative estimate of drug-likeness (QED) is 0.196. The first kappa shape index (κ1) is 50.1. The van der Waals surface area contributed by atoms with Crippen molar-refractivity contribution in [2.45, 2.75) is 186 Å². The first-order valence-corrected chi connectivity index (χ1v) is 21.5. The van der Waals surface area contributed by atoms with Gasteiger partial charge in [-0.2, -0.15) is 0 Å². The highest BCUT2D eigenvalue weighted by Gasteiger charge is 2.54. The minimum atomic E-state index is -1.99. The molecule has 1 aromatic carbocycles. The number of nitrogens with zero attached hydrogens (tertiary/aromatic N) is 1. The number of carbonyl (C=O) groups is 2. The third-order valence-corrected chi connectivity index (χ3v) is 13.7. The molecule has 0 spiro atoms. The highest BCUT2D eigenvalue weighted by atomic mass is 16.7. The van der Waals surface area contributed by atoms with E-state index in [1.165, 1.54) is 21.1 Å². The van der Waals surface area contributed by atoms with Crippen LogP contribution in [0.5, 0.6) is 0 Å². The predicted molar refractivity (Wildman–Crippen MR) is 223 cm³/mol. The molecule has 14 nitrogen and oxygen atoms in total. The average molecular weight is 848 g/mol. The lowest BCUT2D eigenvalue weighted by Gasteiger charge is -2.50. The topological polar surface area (TPSA) is 183 Å². The maximum Gasteiger partial charge on any atom is 0.311 e. The number of cyclic esters (lactones) is 1. The number of hydrogen-bond acceptors (Lipinski definition) is 14. The van der Waals surface area contributed by atoms with Gasteiger partial charge in [-0.3, -0.25) is 14.5 Å². The maximum absolute atomic E-state index is 14.4. The molecule has 0 saturated carbocycles. The monoisotopic (exact) mass is 848 g/mol. The third-order valence-electron chi connectivity index (χ3n) is 13.7. The summed E-state index contributed by atoms with van der Waals surface area (Å²) in [5.74, 6) is -2.00. The van der Waals surface area contributed by atoms with E-state index in [0.29, 0.717) is 13.0 Å². The summed E-state index contributed by atoms with van der Waals surface area (Å²) in [6.45, 7) is 17.6. The van der Waals surface area contributed by atoms with Crippen molar-refractivity contribution in [1.82, 2.24) is 4.90 Å². The molecular weight excluding hydrogens is 774 g/mol. The number of aliphatic hydroxyl groups is 4. The summed E-state index contributed by atoms with van der Waals surface area (Å²) in [4.78, 5) is 30.6. The van der Waals surface area contributed by atoms with Crippen molar-refractivity contribution in [3.8, 4) is 12.3 Å². The number of ether oxygens (including phenoxy) is 7. The lowest BCUT2D eigenvalue weighted by Crippen LogP contribution is -2.61. The number of ketones is 1. The Morgan fingerprint density at radius 1 is 0.883 bits per heavy atom. The number of carbonyl (C=O) groups excluding carboxylic acids is 2. The highest BCUT2D eigenvalue weighted by Crippen LogP contribution is 2.42. The molecule has 0 amide bonds. The van der Waals surface area contributed by atoms with Gasteiger partial charge in [-0.15, -0.1) is 6.42 Å². The van der Waals surface area contributed by atoms with E-state index in [0.717, 1.165) is 11.1 Å². The standard InChI is InChI=1S/C46H73NO13/c1-15-31-17-19-32(20-18-31)24-47(12)33-21-26(4)56-43(37(33)49)60-41-28(6)38(59-35-23-44(9,54-13)40(51)30(8)57-35)29(7)42(52)58-34(16-2)46(11,53)39(50)27(5)36(48)25(3)22-45(41,10)55-14/h1,17-20,25-30,33-35,37-41,43,49-51,53H,16,21-24H2,2-14H3/t25-,26-,27+,28+,29-,30+,33+,34-,35+,37-,38+,39-,40+,41-,43+,44-,45-,46-/m1/s1. The fourth-order valence-electron chi connectivity index (χ4n) is 9.62. The van der Waals surface area contributed by atoms with Crippen molar-refractivity contribution >= 4 is 11.8 Å². The Bertz CT molecular complexity index is 1620. The maximum atomic E-state index is 14.4. The van der Waals surface area contributed by atoms with Gasteiger partial charge >= 0.3 is 5.97 Å². The van der Waals surface area contributed by atoms with Crippen LogP contribution in [-0.2, 0) is 49.3 Å². The molecule has 60 heavy (non-hydrogen) atoms. The number of hydrogen-bond donors (Lipinski definition) is 4. The molecule has 0 radical (unpaired) electrons. The minimum Gasteiger partial charge on any atom is -0.459 e. The van der Waals surface area contributed by atoms with Crippen LogP contribution in [-0.4, -0.2) is 143 Å². The fourth-order valence-corrected chi connectivity index (χ4v) is 9.62. The molecule has 0 bridgehead atoms. The van der Waals surface area contributed by atoms with Crippen molar-refractivity contribution in [2.24, 2.45) is 23.7 Å². The first-order valence-electron chi connectivity index (χ1n) is 21.5. The average Bonchev–Trinajstić information content (AvgIpc) is 3.21. The summed E-state index contributed by atoms with van der Waals surface area (Å²) < 4.78 is 44.5. The summed E-state index contributed by atoms with van der Waals surface area (Å²) in [6, 6.07) is 7.28. The van der Waals surface area contributed by atoms with Crippen molar-refractivity contribution in [2.75, 3.05) is 21.3 Å². The summed E-state index contributed by atoms with van der Waals surface area (Å²) in [7, 11) is 4.94. The SMILES string of the molecule is C#Cc1ccc(CN(C)[C@H]2C[C@@H](C)O[C@@H](O[C@@H]3[C@@H](C)[C@H](O[C@H]4C[C@@](C)(OC)[C@@H](O)[C@H](C)O4)[C@@H](C)C(=O)O[C@H](CC)[C@@](C)(O)[C@H](O)[C@@H](C)C(=O)[C@H](C)C[C@@]3(C)OC)[C@@H]2O)cc1. The smallest absolute Gasteiger partial charge is 0.311 e.